The molecule has 0 unspecified atom stereocenters. The van der Waals surface area contributed by atoms with Crippen molar-refractivity contribution in [1.29, 1.82) is 0 Å². The molecule has 65 heavy (non-hydrogen) atoms. The van der Waals surface area contributed by atoms with E-state index in [2.05, 4.69) is 0 Å². The largest absolute Gasteiger partial charge is 0.492 e. The number of carbonyl (C=O) groups is 4. The highest BCUT2D eigenvalue weighted by molar-refractivity contribution is 5.76. The van der Waals surface area contributed by atoms with E-state index < -0.39 is 69.6 Å². The lowest BCUT2D eigenvalue weighted by atomic mass is 9.95. The van der Waals surface area contributed by atoms with Gasteiger partial charge in [0.1, 0.15) is 35.9 Å². The van der Waals surface area contributed by atoms with Crippen LogP contribution in [0.5, 0.6) is 11.5 Å². The number of alkyl halides is 6. The zero-order valence-electron chi connectivity index (χ0n) is 39.1. The molecule has 2 heterocycles. The molecule has 14 nitrogen and oxygen atoms in total. The zero-order chi connectivity index (χ0) is 49.3. The van der Waals surface area contributed by atoms with Crippen molar-refractivity contribution < 1.29 is 74.3 Å². The number of hydrogen-bond acceptors (Lipinski definition) is 11. The van der Waals surface area contributed by atoms with Gasteiger partial charge in [0.2, 0.25) is 0 Å². The summed E-state index contributed by atoms with van der Waals surface area (Å²) in [7, 11) is 1.25. The Morgan fingerprint density at radius 1 is 0.538 bits per heavy atom. The first-order valence-electron chi connectivity index (χ1n) is 21.1. The fourth-order valence-corrected chi connectivity index (χ4v) is 6.27. The Kier molecular flexibility index (Phi) is 18.0. The van der Waals surface area contributed by atoms with Gasteiger partial charge in [-0.3, -0.25) is 19.4 Å². The standard InChI is InChI=1S/C23H33F3N2O5.C22H31F3N2O5/c1-21(2,3)33-20(30)28-9-7-27(8-10-28)14-16-11-17(23(24,25)26)13-18(12-16)32-15-22(4,5)19(29)31-6;1-20(2,3)32-19(30)27-8-6-26(7-9-27)13-15-10-16(22(23,24)25)12-17(11-15)31-14-21(4,5)18(28)29/h11-13H,7-10,14-15H2,1-6H3;10-12H,6-9,13-14H2,1-5H3,(H,28,29). The normalized spacial score (nSPS) is 16.0. The van der Waals surface area contributed by atoms with Crippen molar-refractivity contribution in [2.45, 2.75) is 106 Å². The molecule has 2 aliphatic rings. The summed E-state index contributed by atoms with van der Waals surface area (Å²) in [6.45, 7) is 20.5. The van der Waals surface area contributed by atoms with Crippen LogP contribution >= 0.6 is 0 Å². The van der Waals surface area contributed by atoms with Gasteiger partial charge >= 0.3 is 36.5 Å². The topological polar surface area (TPSA) is 148 Å². The third kappa shape index (κ3) is 18.1. The molecule has 0 atom stereocenters. The van der Waals surface area contributed by atoms with Crippen molar-refractivity contribution in [2.75, 3.05) is 72.7 Å². The van der Waals surface area contributed by atoms with E-state index in [-0.39, 0.29) is 37.8 Å². The van der Waals surface area contributed by atoms with Gasteiger partial charge in [-0.05, 0) is 117 Å². The van der Waals surface area contributed by atoms with Gasteiger partial charge in [-0.25, -0.2) is 9.59 Å². The van der Waals surface area contributed by atoms with Gasteiger partial charge in [-0.15, -0.1) is 0 Å². The summed E-state index contributed by atoms with van der Waals surface area (Å²) in [6, 6.07) is 7.00. The van der Waals surface area contributed by atoms with E-state index in [0.29, 0.717) is 63.5 Å². The molecule has 0 saturated carbocycles. The van der Waals surface area contributed by atoms with Gasteiger partial charge in [0.25, 0.3) is 0 Å². The van der Waals surface area contributed by atoms with Crippen LogP contribution < -0.4 is 9.47 Å². The number of benzene rings is 2. The van der Waals surface area contributed by atoms with Crippen molar-refractivity contribution in [2.24, 2.45) is 10.8 Å². The molecule has 4 rings (SSSR count). The van der Waals surface area contributed by atoms with Gasteiger partial charge in [-0.2, -0.15) is 26.3 Å². The molecule has 0 aliphatic carbocycles. The minimum absolute atomic E-state index is 0.0310. The number of aliphatic carboxylic acids is 1. The molecule has 1 N–H and O–H groups in total. The average Bonchev–Trinajstić information content (AvgIpc) is 3.17. The van der Waals surface area contributed by atoms with Crippen LogP contribution in [0.4, 0.5) is 35.9 Å². The van der Waals surface area contributed by atoms with E-state index in [9.17, 15) is 50.6 Å². The maximum absolute atomic E-state index is 13.5. The number of carbonyl (C=O) groups excluding carboxylic acids is 3. The molecule has 0 bridgehead atoms. The first kappa shape index (κ1) is 54.4. The van der Waals surface area contributed by atoms with Crippen molar-refractivity contribution in [3.05, 3.63) is 58.7 Å². The van der Waals surface area contributed by atoms with Crippen LogP contribution in [-0.4, -0.2) is 133 Å². The average molecular weight is 935 g/mol. The molecule has 2 saturated heterocycles. The monoisotopic (exact) mass is 934 g/mol. The number of esters is 1. The minimum Gasteiger partial charge on any atom is -0.492 e. The summed E-state index contributed by atoms with van der Waals surface area (Å²) in [5.74, 6) is -1.62. The molecule has 20 heteroatoms. The van der Waals surface area contributed by atoms with Gasteiger partial charge < -0.3 is 38.6 Å². The summed E-state index contributed by atoms with van der Waals surface area (Å²) >= 11 is 0. The number of hydrogen-bond donors (Lipinski definition) is 1. The maximum atomic E-state index is 13.5. The highest BCUT2D eigenvalue weighted by Crippen LogP contribution is 2.35. The number of halogens is 6. The lowest BCUT2D eigenvalue weighted by Gasteiger charge is -2.35. The zero-order valence-corrected chi connectivity index (χ0v) is 39.1. The summed E-state index contributed by atoms with van der Waals surface area (Å²) in [5.41, 5.74) is -4.30. The Morgan fingerprint density at radius 2 is 0.877 bits per heavy atom. The number of amides is 2. The molecule has 2 aliphatic heterocycles. The molecular weight excluding hydrogens is 871 g/mol. The number of nitrogens with zero attached hydrogens (tertiary/aromatic N) is 4. The number of ether oxygens (including phenoxy) is 5. The Hall–Kier alpha value is -4.98. The molecular formula is C45H64F6N4O10. The molecule has 0 spiro atoms. The van der Waals surface area contributed by atoms with Crippen LogP contribution in [0.2, 0.25) is 0 Å². The quantitative estimate of drug-likeness (QED) is 0.124. The third-order valence-electron chi connectivity index (χ3n) is 9.96. The Bertz CT molecular complexity index is 1940. The predicted octanol–water partition coefficient (Wildman–Crippen LogP) is 8.58. The van der Waals surface area contributed by atoms with Crippen LogP contribution in [0.1, 0.15) is 91.5 Å². The second-order valence-corrected chi connectivity index (χ2v) is 19.4. The molecule has 2 amide bonds. The van der Waals surface area contributed by atoms with E-state index in [1.807, 2.05) is 9.80 Å². The SMILES string of the molecule is CC(C)(C)OC(=O)N1CCN(Cc2cc(OCC(C)(C)C(=O)O)cc(C(F)(F)F)c2)CC1.COC(=O)C(C)(C)COc1cc(CN2CCN(C(=O)OC(C)(C)C)CC2)cc(C(F)(F)F)c1. The van der Waals surface area contributed by atoms with Crippen LogP contribution in [0.25, 0.3) is 0 Å². The Labute approximate surface area is 377 Å². The molecule has 2 aromatic carbocycles. The molecule has 2 fully saturated rings. The Morgan fingerprint density at radius 3 is 1.17 bits per heavy atom. The highest BCUT2D eigenvalue weighted by atomic mass is 19.4. The summed E-state index contributed by atoms with van der Waals surface area (Å²) in [5, 5.41) is 9.19. The molecule has 0 radical (unpaired) electrons. The van der Waals surface area contributed by atoms with E-state index in [0.717, 1.165) is 24.3 Å². The summed E-state index contributed by atoms with van der Waals surface area (Å²) < 4.78 is 107. The van der Waals surface area contributed by atoms with Gasteiger partial charge in [-0.1, -0.05) is 0 Å². The van der Waals surface area contributed by atoms with E-state index >= 15 is 0 Å². The second kappa shape index (κ2) is 21.5. The van der Waals surface area contributed by atoms with Crippen LogP contribution in [0.15, 0.2) is 36.4 Å². The van der Waals surface area contributed by atoms with Crippen LogP contribution in [-0.2, 0) is 49.2 Å². The van der Waals surface area contributed by atoms with E-state index in [1.54, 1.807) is 71.3 Å². The first-order chi connectivity index (χ1) is 29.7. The van der Waals surface area contributed by atoms with Gasteiger partial charge in [0.05, 0.1) is 29.1 Å². The maximum Gasteiger partial charge on any atom is 0.416 e. The van der Waals surface area contributed by atoms with Gasteiger partial charge in [0.15, 0.2) is 0 Å². The van der Waals surface area contributed by atoms with E-state index in [1.165, 1.54) is 27.0 Å². The van der Waals surface area contributed by atoms with E-state index in [4.69, 9.17) is 23.7 Å². The lowest BCUT2D eigenvalue weighted by Crippen LogP contribution is -2.49. The number of piperazine rings is 2. The predicted molar refractivity (Wildman–Crippen MR) is 227 cm³/mol. The van der Waals surface area contributed by atoms with Crippen LogP contribution in [0.3, 0.4) is 0 Å². The fourth-order valence-electron chi connectivity index (χ4n) is 6.27. The number of carboxylic acid groups (broad SMARTS) is 1. The number of rotatable bonds is 12. The smallest absolute Gasteiger partial charge is 0.416 e. The van der Waals surface area contributed by atoms with Crippen LogP contribution in [0, 0.1) is 10.8 Å². The minimum atomic E-state index is -4.56. The third-order valence-corrected chi connectivity index (χ3v) is 9.96. The molecule has 0 aromatic heterocycles. The highest BCUT2D eigenvalue weighted by Gasteiger charge is 2.35. The van der Waals surface area contributed by atoms with Crippen molar-refractivity contribution in [3.63, 3.8) is 0 Å². The molecule has 2 aromatic rings. The fraction of sp³-hybridized carbons (Fsp3) is 0.644. The second-order valence-electron chi connectivity index (χ2n) is 19.4. The lowest BCUT2D eigenvalue weighted by molar-refractivity contribution is -0.152. The number of carboxylic acids is 1. The first-order valence-corrected chi connectivity index (χ1v) is 21.1. The van der Waals surface area contributed by atoms with Crippen molar-refractivity contribution >= 4 is 24.1 Å². The number of methoxy groups -OCH3 is 1. The van der Waals surface area contributed by atoms with Crippen molar-refractivity contribution in [3.8, 4) is 11.5 Å². The van der Waals surface area contributed by atoms with Crippen molar-refractivity contribution in [1.82, 2.24) is 19.6 Å². The van der Waals surface area contributed by atoms with Gasteiger partial charge in [0, 0.05) is 65.4 Å². The summed E-state index contributed by atoms with van der Waals surface area (Å²) in [4.78, 5) is 54.6. The summed E-state index contributed by atoms with van der Waals surface area (Å²) in [6.07, 6.45) is -9.91. The molecule has 366 valence electrons. The Balaban J connectivity index is 0.000000345.